The molecule has 1 fully saturated rings. The predicted octanol–water partition coefficient (Wildman–Crippen LogP) is 7.44. The van der Waals surface area contributed by atoms with Crippen LogP contribution in [0.3, 0.4) is 0 Å². The Morgan fingerprint density at radius 1 is 0.524 bits per heavy atom. The summed E-state index contributed by atoms with van der Waals surface area (Å²) in [7, 11) is 0. The average Bonchev–Trinajstić information content (AvgIpc) is 3.05. The van der Waals surface area contributed by atoms with Crippen LogP contribution in [0.2, 0.25) is 0 Å². The first-order valence-electron chi connectivity index (χ1n) is 14.7. The van der Waals surface area contributed by atoms with Gasteiger partial charge in [-0.05, 0) is 28.0 Å². The topological polar surface area (TPSA) is 46.2 Å². The molecule has 1 heterocycles. The Morgan fingerprint density at radius 3 is 1.38 bits per heavy atom. The van der Waals surface area contributed by atoms with Gasteiger partial charge in [0.15, 0.2) is 0 Å². The van der Waals surface area contributed by atoms with Gasteiger partial charge in [-0.2, -0.15) is 0 Å². The molecule has 0 saturated carbocycles. The van der Waals surface area contributed by atoms with Crippen molar-refractivity contribution in [2.24, 2.45) is 0 Å². The van der Waals surface area contributed by atoms with Crippen molar-refractivity contribution in [3.05, 3.63) is 144 Å². The molecule has 0 aliphatic carbocycles. The van der Waals surface area contributed by atoms with Gasteiger partial charge in [0.2, 0.25) is 0 Å². The van der Waals surface area contributed by atoms with Crippen LogP contribution in [0.5, 0.6) is 0 Å². The largest absolute Gasteiger partial charge is 0.374 e. The van der Waals surface area contributed by atoms with Crippen molar-refractivity contribution in [3.8, 4) is 0 Å². The molecule has 4 aromatic rings. The second-order valence-electron chi connectivity index (χ2n) is 10.3. The number of benzene rings is 4. The molecule has 220 valence electrons. The van der Waals surface area contributed by atoms with Crippen LogP contribution in [0.4, 0.5) is 0 Å². The normalized spacial score (nSPS) is 22.2. The van der Waals surface area contributed by atoms with E-state index in [4.69, 9.17) is 23.7 Å². The minimum absolute atomic E-state index is 0.235. The molecule has 1 saturated heterocycles. The van der Waals surface area contributed by atoms with E-state index in [9.17, 15) is 0 Å². The Labute approximate surface area is 254 Å². The molecule has 0 aromatic heterocycles. The third-order valence-electron chi connectivity index (χ3n) is 7.17. The van der Waals surface area contributed by atoms with Gasteiger partial charge in [-0.15, -0.1) is 11.8 Å². The molecule has 5 rings (SSSR count). The van der Waals surface area contributed by atoms with Crippen LogP contribution in [0.15, 0.2) is 121 Å². The zero-order chi connectivity index (χ0) is 28.8. The molecule has 1 aliphatic rings. The third-order valence-corrected chi connectivity index (χ3v) is 8.21. The van der Waals surface area contributed by atoms with E-state index in [0.29, 0.717) is 33.0 Å². The summed E-state index contributed by atoms with van der Waals surface area (Å²) in [4.78, 5) is 0. The van der Waals surface area contributed by atoms with E-state index in [2.05, 4.69) is 55.5 Å². The zero-order valence-electron chi connectivity index (χ0n) is 24.1. The lowest BCUT2D eigenvalue weighted by molar-refractivity contribution is -0.254. The van der Waals surface area contributed by atoms with Gasteiger partial charge in [0.1, 0.15) is 29.9 Å². The summed E-state index contributed by atoms with van der Waals surface area (Å²) in [6.45, 7) is 4.37. The van der Waals surface area contributed by atoms with E-state index in [1.54, 1.807) is 11.8 Å². The second kappa shape index (κ2) is 16.6. The highest BCUT2D eigenvalue weighted by Crippen LogP contribution is 2.35. The molecular formula is C36H40O5S. The van der Waals surface area contributed by atoms with Crippen molar-refractivity contribution in [3.63, 3.8) is 0 Å². The fourth-order valence-corrected chi connectivity index (χ4v) is 6.02. The summed E-state index contributed by atoms with van der Waals surface area (Å²) in [5.41, 5.74) is 4.19. The summed E-state index contributed by atoms with van der Waals surface area (Å²) in [5, 5.41) is 0. The summed E-state index contributed by atoms with van der Waals surface area (Å²) in [5.74, 6) is 0.883. The number of hydrogen-bond acceptors (Lipinski definition) is 6. The number of thioether (sulfide) groups is 1. The van der Waals surface area contributed by atoms with E-state index >= 15 is 0 Å². The van der Waals surface area contributed by atoms with Crippen LogP contribution in [-0.4, -0.2) is 42.2 Å². The van der Waals surface area contributed by atoms with Crippen LogP contribution >= 0.6 is 11.8 Å². The van der Waals surface area contributed by atoms with Crippen LogP contribution < -0.4 is 0 Å². The molecule has 6 heteroatoms. The van der Waals surface area contributed by atoms with Gasteiger partial charge in [0, 0.05) is 0 Å². The maximum Gasteiger partial charge on any atom is 0.132 e. The quantitative estimate of drug-likeness (QED) is 0.145. The van der Waals surface area contributed by atoms with E-state index in [0.717, 1.165) is 28.0 Å². The first-order chi connectivity index (χ1) is 20.8. The van der Waals surface area contributed by atoms with Crippen molar-refractivity contribution in [2.75, 3.05) is 12.4 Å². The van der Waals surface area contributed by atoms with Gasteiger partial charge in [-0.3, -0.25) is 0 Å². The van der Waals surface area contributed by atoms with Gasteiger partial charge < -0.3 is 23.7 Å². The van der Waals surface area contributed by atoms with E-state index < -0.39 is 6.10 Å². The smallest absolute Gasteiger partial charge is 0.132 e. The fraction of sp³-hybridized carbons (Fsp3) is 0.333. The highest BCUT2D eigenvalue weighted by molar-refractivity contribution is 7.99. The van der Waals surface area contributed by atoms with Crippen molar-refractivity contribution >= 4 is 11.8 Å². The van der Waals surface area contributed by atoms with E-state index in [-0.39, 0.29) is 23.7 Å². The SMILES string of the molecule is CCSC1O[C@@H](COCc2ccccc2)[C@@H](OCc2ccccc2)[C@@H](OCc2ccccc2)[C@@H]1OCc1ccccc1. The van der Waals surface area contributed by atoms with Crippen molar-refractivity contribution in [1.29, 1.82) is 0 Å². The predicted molar refractivity (Wildman–Crippen MR) is 168 cm³/mol. The van der Waals surface area contributed by atoms with E-state index in [1.807, 2.05) is 72.8 Å². The molecular weight excluding hydrogens is 544 g/mol. The highest BCUT2D eigenvalue weighted by atomic mass is 32.2. The molecule has 0 bridgehead atoms. The first-order valence-corrected chi connectivity index (χ1v) is 15.7. The molecule has 0 spiro atoms. The van der Waals surface area contributed by atoms with Crippen LogP contribution in [0.25, 0.3) is 0 Å². The molecule has 42 heavy (non-hydrogen) atoms. The number of hydrogen-bond donors (Lipinski definition) is 0. The molecule has 1 unspecified atom stereocenters. The molecule has 4 aromatic carbocycles. The number of rotatable bonds is 15. The Morgan fingerprint density at radius 2 is 0.929 bits per heavy atom. The lowest BCUT2D eigenvalue weighted by Crippen LogP contribution is -2.60. The molecule has 5 atom stereocenters. The highest BCUT2D eigenvalue weighted by Gasteiger charge is 2.48. The Kier molecular flexibility index (Phi) is 12.1. The summed E-state index contributed by atoms with van der Waals surface area (Å²) in [6.07, 6.45) is -1.45. The van der Waals surface area contributed by atoms with Gasteiger partial charge in [0.05, 0.1) is 33.0 Å². The van der Waals surface area contributed by atoms with E-state index in [1.165, 1.54) is 0 Å². The summed E-state index contributed by atoms with van der Waals surface area (Å²) >= 11 is 1.73. The molecule has 5 nitrogen and oxygen atoms in total. The molecule has 0 amide bonds. The maximum absolute atomic E-state index is 6.76. The van der Waals surface area contributed by atoms with Gasteiger partial charge >= 0.3 is 0 Å². The standard InChI is InChI=1S/C36H40O5S/c1-2-42-36-35(40-26-31-21-13-6-14-22-31)34(39-25-30-19-11-5-12-20-30)33(38-24-29-17-9-4-10-18-29)32(41-36)27-37-23-28-15-7-3-8-16-28/h3-22,32-36H,2,23-27H2,1H3/t32-,33+,34+,35-,36?/m0/s1. The lowest BCUT2D eigenvalue weighted by Gasteiger charge is -2.46. The van der Waals surface area contributed by atoms with Gasteiger partial charge in [-0.25, -0.2) is 0 Å². The molecule has 0 radical (unpaired) electrons. The van der Waals surface area contributed by atoms with Crippen molar-refractivity contribution in [1.82, 2.24) is 0 Å². The fourth-order valence-electron chi connectivity index (χ4n) is 5.05. The molecule has 0 N–H and O–H groups in total. The maximum atomic E-state index is 6.76. The zero-order valence-corrected chi connectivity index (χ0v) is 24.9. The average molecular weight is 585 g/mol. The van der Waals surface area contributed by atoms with Crippen LogP contribution in [0.1, 0.15) is 29.2 Å². The van der Waals surface area contributed by atoms with Gasteiger partial charge in [-0.1, -0.05) is 128 Å². The minimum atomic E-state index is -0.404. The minimum Gasteiger partial charge on any atom is -0.374 e. The Balaban J connectivity index is 1.40. The lowest BCUT2D eigenvalue weighted by atomic mass is 9.98. The second-order valence-corrected chi connectivity index (χ2v) is 11.7. The number of ether oxygens (including phenoxy) is 5. The first kappa shape index (κ1) is 30.5. The Bertz CT molecular complexity index is 1280. The van der Waals surface area contributed by atoms with Crippen molar-refractivity contribution < 1.29 is 23.7 Å². The Hall–Kier alpha value is -2.97. The van der Waals surface area contributed by atoms with Gasteiger partial charge in [0.25, 0.3) is 0 Å². The summed E-state index contributed by atoms with van der Waals surface area (Å²) < 4.78 is 33.1. The van der Waals surface area contributed by atoms with Crippen molar-refractivity contribution in [2.45, 2.75) is 63.2 Å². The third kappa shape index (κ3) is 9.01. The van der Waals surface area contributed by atoms with Crippen LogP contribution in [-0.2, 0) is 50.1 Å². The molecule has 1 aliphatic heterocycles. The summed E-state index contributed by atoms with van der Waals surface area (Å²) in [6, 6.07) is 40.9. The monoisotopic (exact) mass is 584 g/mol. The van der Waals surface area contributed by atoms with Crippen LogP contribution in [0, 0.1) is 0 Å².